The number of rotatable bonds is 7. The molecule has 0 saturated carbocycles. The summed E-state index contributed by atoms with van der Waals surface area (Å²) >= 11 is 0. The Bertz CT molecular complexity index is 1280. The van der Waals surface area contributed by atoms with E-state index in [1.165, 1.54) is 6.26 Å². The van der Waals surface area contributed by atoms with Gasteiger partial charge in [0.1, 0.15) is 6.07 Å². The number of nitrogens with one attached hydrogen (secondary N) is 1. The van der Waals surface area contributed by atoms with Crippen LogP contribution in [0.2, 0.25) is 0 Å². The van der Waals surface area contributed by atoms with Gasteiger partial charge >= 0.3 is 0 Å². The van der Waals surface area contributed by atoms with Crippen LogP contribution in [0.4, 0.5) is 5.88 Å². The number of carbonyl (C=O) groups excluding carboxylic acids is 1. The summed E-state index contributed by atoms with van der Waals surface area (Å²) in [5, 5.41) is 16.9. The number of hydrogen-bond acceptors (Lipinski definition) is 7. The molecule has 4 aromatic rings. The molecule has 1 aliphatic heterocycles. The second-order valence-corrected chi connectivity index (χ2v) is 8.21. The van der Waals surface area contributed by atoms with Crippen LogP contribution < -0.4 is 10.2 Å². The molecule has 34 heavy (non-hydrogen) atoms. The fourth-order valence-electron chi connectivity index (χ4n) is 4.23. The summed E-state index contributed by atoms with van der Waals surface area (Å²) in [4.78, 5) is 19.1. The van der Waals surface area contributed by atoms with Crippen LogP contribution in [-0.4, -0.2) is 33.8 Å². The number of oxazole rings is 1. The number of hydrogen-bond donors (Lipinski definition) is 1. The normalized spacial score (nSPS) is 14.1. The van der Waals surface area contributed by atoms with Crippen molar-refractivity contribution in [2.24, 2.45) is 5.92 Å². The quantitative estimate of drug-likeness (QED) is 0.452. The summed E-state index contributed by atoms with van der Waals surface area (Å²) in [6.45, 7) is 2.35. The van der Waals surface area contributed by atoms with Gasteiger partial charge in [0.25, 0.3) is 5.89 Å². The van der Waals surface area contributed by atoms with Gasteiger partial charge in [-0.1, -0.05) is 24.3 Å². The minimum absolute atomic E-state index is 0.0443. The number of anilines is 1. The summed E-state index contributed by atoms with van der Waals surface area (Å²) in [5.74, 6) is 1.14. The van der Waals surface area contributed by atoms with Gasteiger partial charge in [-0.25, -0.2) is 0 Å². The first-order chi connectivity index (χ1) is 16.7. The van der Waals surface area contributed by atoms with Crippen molar-refractivity contribution in [1.82, 2.24) is 20.1 Å². The summed E-state index contributed by atoms with van der Waals surface area (Å²) in [6.07, 6.45) is 6.55. The van der Waals surface area contributed by atoms with E-state index >= 15 is 0 Å². The molecule has 9 heteroatoms. The maximum atomic E-state index is 12.9. The van der Waals surface area contributed by atoms with Gasteiger partial charge in [-0.15, -0.1) is 0 Å². The lowest BCUT2D eigenvalue weighted by Crippen LogP contribution is -2.40. The summed E-state index contributed by atoms with van der Waals surface area (Å²) < 4.78 is 13.0. The van der Waals surface area contributed by atoms with Crippen LogP contribution in [0.15, 0.2) is 70.0 Å². The van der Waals surface area contributed by atoms with Gasteiger partial charge in [0.15, 0.2) is 5.76 Å². The molecule has 1 aliphatic rings. The summed E-state index contributed by atoms with van der Waals surface area (Å²) in [5.41, 5.74) is 2.43. The Kier molecular flexibility index (Phi) is 6.12. The first-order valence-electron chi connectivity index (χ1n) is 11.2. The van der Waals surface area contributed by atoms with E-state index in [1.807, 2.05) is 40.0 Å². The maximum Gasteiger partial charge on any atom is 0.266 e. The molecule has 5 rings (SSSR count). The SMILES string of the molecule is N#Cc1nc(-c2ccco2)oc1N1CCC(C(=O)NCc2ccccc2Cn2cccn2)CC1. The van der Waals surface area contributed by atoms with Crippen LogP contribution in [0, 0.1) is 17.2 Å². The fraction of sp³-hybridized carbons (Fsp3) is 0.280. The molecule has 0 unspecified atom stereocenters. The monoisotopic (exact) mass is 456 g/mol. The predicted octanol–water partition coefficient (Wildman–Crippen LogP) is 3.58. The van der Waals surface area contributed by atoms with Crippen LogP contribution in [0.1, 0.15) is 29.7 Å². The highest BCUT2D eigenvalue weighted by Crippen LogP contribution is 2.31. The van der Waals surface area contributed by atoms with Crippen molar-refractivity contribution in [1.29, 1.82) is 5.26 Å². The summed E-state index contributed by atoms with van der Waals surface area (Å²) in [7, 11) is 0. The molecule has 1 amide bonds. The number of piperidine rings is 1. The molecule has 0 atom stereocenters. The van der Waals surface area contributed by atoms with E-state index < -0.39 is 0 Å². The molecule has 1 fully saturated rings. The highest BCUT2D eigenvalue weighted by atomic mass is 16.4. The van der Waals surface area contributed by atoms with E-state index in [0.29, 0.717) is 50.7 Å². The number of furan rings is 1. The molecular formula is C25H24N6O3. The van der Waals surface area contributed by atoms with E-state index in [9.17, 15) is 10.1 Å². The van der Waals surface area contributed by atoms with E-state index in [2.05, 4.69) is 27.5 Å². The average Bonchev–Trinajstić information content (AvgIpc) is 3.65. The molecule has 9 nitrogen and oxygen atoms in total. The first kappa shape index (κ1) is 21.5. The Balaban J connectivity index is 1.18. The molecule has 3 aromatic heterocycles. The molecule has 4 heterocycles. The third kappa shape index (κ3) is 4.57. The van der Waals surface area contributed by atoms with Crippen molar-refractivity contribution in [3.8, 4) is 17.7 Å². The average molecular weight is 457 g/mol. The van der Waals surface area contributed by atoms with Crippen LogP contribution in [0.5, 0.6) is 0 Å². The molecule has 1 aromatic carbocycles. The van der Waals surface area contributed by atoms with Crippen LogP contribution in [-0.2, 0) is 17.9 Å². The van der Waals surface area contributed by atoms with Gasteiger partial charge in [0.2, 0.25) is 17.5 Å². The standard InChI is InChI=1S/C25H24N6O3/c26-15-21-25(34-24(29-21)22-7-3-14-33-22)30-12-8-18(9-13-30)23(32)27-16-19-5-1-2-6-20(19)17-31-11-4-10-28-31/h1-7,10-11,14,18H,8-9,12-13,16-17H2,(H,27,32). The van der Waals surface area contributed by atoms with Crippen LogP contribution >= 0.6 is 0 Å². The van der Waals surface area contributed by atoms with E-state index in [4.69, 9.17) is 8.83 Å². The molecule has 1 N–H and O–H groups in total. The molecular weight excluding hydrogens is 432 g/mol. The first-order valence-corrected chi connectivity index (χ1v) is 11.2. The Morgan fingerprint density at radius 1 is 1.15 bits per heavy atom. The number of benzene rings is 1. The van der Waals surface area contributed by atoms with Crippen molar-refractivity contribution in [3.05, 3.63) is 77.9 Å². The maximum absolute atomic E-state index is 12.9. The van der Waals surface area contributed by atoms with Crippen molar-refractivity contribution in [2.75, 3.05) is 18.0 Å². The zero-order chi connectivity index (χ0) is 23.3. The molecule has 0 spiro atoms. The smallest absolute Gasteiger partial charge is 0.266 e. The van der Waals surface area contributed by atoms with Crippen LogP contribution in [0.3, 0.4) is 0 Å². The Morgan fingerprint density at radius 2 is 1.97 bits per heavy atom. The molecule has 172 valence electrons. The third-order valence-corrected chi connectivity index (χ3v) is 6.06. The fourth-order valence-corrected chi connectivity index (χ4v) is 4.23. The number of carbonyl (C=O) groups is 1. The minimum atomic E-state index is -0.0903. The second kappa shape index (κ2) is 9.67. The largest absolute Gasteiger partial charge is 0.459 e. The Morgan fingerprint density at radius 3 is 2.68 bits per heavy atom. The van der Waals surface area contributed by atoms with Crippen molar-refractivity contribution in [3.63, 3.8) is 0 Å². The summed E-state index contributed by atoms with van der Waals surface area (Å²) in [6, 6.07) is 15.5. The van der Waals surface area contributed by atoms with Gasteiger partial charge in [-0.05, 0) is 42.2 Å². The van der Waals surface area contributed by atoms with E-state index in [0.717, 1.165) is 11.1 Å². The second-order valence-electron chi connectivity index (χ2n) is 8.21. The number of nitrogens with zero attached hydrogens (tertiary/aromatic N) is 5. The predicted molar refractivity (Wildman–Crippen MR) is 123 cm³/mol. The lowest BCUT2D eigenvalue weighted by Gasteiger charge is -2.31. The van der Waals surface area contributed by atoms with Crippen LogP contribution in [0.25, 0.3) is 11.7 Å². The number of aromatic nitrogens is 3. The Labute approximate surface area is 196 Å². The molecule has 0 aliphatic carbocycles. The molecule has 1 saturated heterocycles. The van der Waals surface area contributed by atoms with Gasteiger partial charge in [0, 0.05) is 37.9 Å². The topological polar surface area (TPSA) is 113 Å². The van der Waals surface area contributed by atoms with Crippen molar-refractivity contribution in [2.45, 2.75) is 25.9 Å². The number of amides is 1. The zero-order valence-corrected chi connectivity index (χ0v) is 18.6. The third-order valence-electron chi connectivity index (χ3n) is 6.06. The zero-order valence-electron chi connectivity index (χ0n) is 18.6. The highest BCUT2D eigenvalue weighted by molar-refractivity contribution is 5.79. The van der Waals surface area contributed by atoms with Crippen molar-refractivity contribution >= 4 is 11.8 Å². The van der Waals surface area contributed by atoms with Gasteiger partial charge in [-0.2, -0.15) is 15.3 Å². The number of nitriles is 1. The lowest BCUT2D eigenvalue weighted by atomic mass is 9.95. The van der Waals surface area contributed by atoms with Gasteiger partial charge in [-0.3, -0.25) is 9.48 Å². The molecule has 0 bridgehead atoms. The van der Waals surface area contributed by atoms with Gasteiger partial charge < -0.3 is 19.1 Å². The lowest BCUT2D eigenvalue weighted by molar-refractivity contribution is -0.125. The Hall–Kier alpha value is -4.32. The van der Waals surface area contributed by atoms with Crippen molar-refractivity contribution < 1.29 is 13.6 Å². The molecule has 0 radical (unpaired) electrons. The van der Waals surface area contributed by atoms with Gasteiger partial charge in [0.05, 0.1) is 12.8 Å². The van der Waals surface area contributed by atoms with E-state index in [1.54, 1.807) is 18.3 Å². The van der Waals surface area contributed by atoms with E-state index in [-0.39, 0.29) is 23.4 Å². The highest BCUT2D eigenvalue weighted by Gasteiger charge is 2.29. The minimum Gasteiger partial charge on any atom is -0.459 e.